The second-order valence-electron chi connectivity index (χ2n) is 7.93. The average molecular weight is 325 g/mol. The van der Waals surface area contributed by atoms with E-state index in [1.165, 1.54) is 19.3 Å². The molecule has 0 bridgehead atoms. The molecule has 128 valence electrons. The SMILES string of the molecule is C=CC(C)(C)NC(=NC1C(C(C)C)CCCC1C(C)C)SC. The fourth-order valence-corrected chi connectivity index (χ4v) is 4.09. The highest BCUT2D eigenvalue weighted by atomic mass is 32.2. The Bertz CT molecular complexity index is 369. The van der Waals surface area contributed by atoms with Crippen molar-refractivity contribution in [1.29, 1.82) is 0 Å². The van der Waals surface area contributed by atoms with E-state index in [4.69, 9.17) is 4.99 Å². The molecule has 0 spiro atoms. The topological polar surface area (TPSA) is 24.4 Å². The van der Waals surface area contributed by atoms with Crippen molar-refractivity contribution >= 4 is 16.9 Å². The zero-order valence-electron chi connectivity index (χ0n) is 15.6. The van der Waals surface area contributed by atoms with E-state index in [1.54, 1.807) is 11.8 Å². The van der Waals surface area contributed by atoms with E-state index in [9.17, 15) is 0 Å². The van der Waals surface area contributed by atoms with Crippen LogP contribution >= 0.6 is 11.8 Å². The molecule has 0 radical (unpaired) electrons. The monoisotopic (exact) mass is 324 g/mol. The lowest BCUT2D eigenvalue weighted by Crippen LogP contribution is -2.43. The molecule has 1 saturated carbocycles. The van der Waals surface area contributed by atoms with E-state index in [1.807, 2.05) is 6.08 Å². The number of rotatable bonds is 5. The van der Waals surface area contributed by atoms with Gasteiger partial charge < -0.3 is 5.32 Å². The lowest BCUT2D eigenvalue weighted by Gasteiger charge is -2.40. The van der Waals surface area contributed by atoms with Gasteiger partial charge in [-0.05, 0) is 56.6 Å². The Hall–Kier alpha value is -0.440. The number of hydrogen-bond donors (Lipinski definition) is 1. The molecule has 3 heteroatoms. The van der Waals surface area contributed by atoms with Crippen molar-refractivity contribution in [1.82, 2.24) is 5.32 Å². The summed E-state index contributed by atoms with van der Waals surface area (Å²) < 4.78 is 0. The van der Waals surface area contributed by atoms with Crippen LogP contribution in [0, 0.1) is 23.7 Å². The number of aliphatic imine (C=N–C) groups is 1. The van der Waals surface area contributed by atoms with Gasteiger partial charge in [0.05, 0.1) is 11.6 Å². The third-order valence-corrected chi connectivity index (χ3v) is 5.66. The van der Waals surface area contributed by atoms with Crippen LogP contribution in [-0.2, 0) is 0 Å². The van der Waals surface area contributed by atoms with Gasteiger partial charge in [0.25, 0.3) is 0 Å². The van der Waals surface area contributed by atoms with Crippen LogP contribution in [0.3, 0.4) is 0 Å². The summed E-state index contributed by atoms with van der Waals surface area (Å²) in [6.45, 7) is 17.6. The maximum atomic E-state index is 5.21. The molecule has 0 aromatic carbocycles. The first-order chi connectivity index (χ1) is 10.2. The molecule has 0 aromatic heterocycles. The first-order valence-electron chi connectivity index (χ1n) is 8.75. The van der Waals surface area contributed by atoms with Crippen molar-refractivity contribution in [3.05, 3.63) is 12.7 Å². The van der Waals surface area contributed by atoms with Crippen LogP contribution < -0.4 is 5.32 Å². The Kier molecular flexibility index (Phi) is 7.51. The number of thioether (sulfide) groups is 1. The molecule has 2 nitrogen and oxygen atoms in total. The highest BCUT2D eigenvalue weighted by molar-refractivity contribution is 8.13. The Balaban J connectivity index is 3.06. The van der Waals surface area contributed by atoms with Crippen molar-refractivity contribution in [3.8, 4) is 0 Å². The van der Waals surface area contributed by atoms with Gasteiger partial charge in [0, 0.05) is 0 Å². The zero-order valence-corrected chi connectivity index (χ0v) is 16.5. The Morgan fingerprint density at radius 1 is 1.18 bits per heavy atom. The molecule has 1 aliphatic carbocycles. The van der Waals surface area contributed by atoms with Crippen LogP contribution in [0.15, 0.2) is 17.6 Å². The van der Waals surface area contributed by atoms with E-state index >= 15 is 0 Å². The molecule has 0 saturated heterocycles. The summed E-state index contributed by atoms with van der Waals surface area (Å²) in [5.41, 5.74) is -0.114. The van der Waals surface area contributed by atoms with Crippen molar-refractivity contribution in [2.24, 2.45) is 28.7 Å². The first kappa shape index (κ1) is 19.6. The number of amidine groups is 1. The van der Waals surface area contributed by atoms with E-state index in [0.717, 1.165) is 5.17 Å². The molecule has 0 amide bonds. The summed E-state index contributed by atoms with van der Waals surface area (Å²) >= 11 is 1.72. The fraction of sp³-hybridized carbons (Fsp3) is 0.842. The number of hydrogen-bond acceptors (Lipinski definition) is 2. The zero-order chi connectivity index (χ0) is 16.9. The lowest BCUT2D eigenvalue weighted by atomic mass is 9.69. The largest absolute Gasteiger partial charge is 0.357 e. The molecule has 1 aliphatic rings. The second kappa shape index (κ2) is 8.42. The summed E-state index contributed by atoms with van der Waals surface area (Å²) in [5, 5.41) is 4.62. The van der Waals surface area contributed by atoms with Gasteiger partial charge in [-0.3, -0.25) is 4.99 Å². The highest BCUT2D eigenvalue weighted by Gasteiger charge is 2.36. The minimum atomic E-state index is -0.114. The number of nitrogens with one attached hydrogen (secondary N) is 1. The molecule has 0 heterocycles. The molecule has 1 N–H and O–H groups in total. The van der Waals surface area contributed by atoms with E-state index in [-0.39, 0.29) is 5.54 Å². The van der Waals surface area contributed by atoms with Gasteiger partial charge in [-0.2, -0.15) is 0 Å². The quantitative estimate of drug-likeness (QED) is 0.418. The van der Waals surface area contributed by atoms with Gasteiger partial charge >= 0.3 is 0 Å². The second-order valence-corrected chi connectivity index (χ2v) is 8.72. The average Bonchev–Trinajstić information content (AvgIpc) is 2.45. The Labute approximate surface area is 142 Å². The molecule has 1 rings (SSSR count). The Morgan fingerprint density at radius 3 is 2.05 bits per heavy atom. The van der Waals surface area contributed by atoms with Gasteiger partial charge in [-0.25, -0.2) is 0 Å². The highest BCUT2D eigenvalue weighted by Crippen LogP contribution is 2.40. The van der Waals surface area contributed by atoms with Crippen molar-refractivity contribution < 1.29 is 0 Å². The standard InChI is InChI=1S/C19H36N2S/c1-9-19(6,7)21-18(22-8)20-17-15(13(2)3)11-10-12-16(17)14(4)5/h9,13-17H,1,10-12H2,2-8H3,(H,20,21). The summed E-state index contributed by atoms with van der Waals surface area (Å²) in [6.07, 6.45) is 8.07. The smallest absolute Gasteiger partial charge is 0.157 e. The van der Waals surface area contributed by atoms with Crippen LogP contribution in [0.5, 0.6) is 0 Å². The summed E-state index contributed by atoms with van der Waals surface area (Å²) in [5.74, 6) is 2.81. The normalized spacial score (nSPS) is 27.3. The molecule has 22 heavy (non-hydrogen) atoms. The van der Waals surface area contributed by atoms with Crippen LogP contribution in [0.2, 0.25) is 0 Å². The predicted octanol–water partition coefficient (Wildman–Crippen LogP) is 5.36. The molecule has 1 fully saturated rings. The van der Waals surface area contributed by atoms with E-state index in [2.05, 4.69) is 59.7 Å². The van der Waals surface area contributed by atoms with Crippen molar-refractivity contribution in [3.63, 3.8) is 0 Å². The van der Waals surface area contributed by atoms with Crippen molar-refractivity contribution in [2.45, 2.75) is 72.4 Å². The number of nitrogens with zero attached hydrogens (tertiary/aromatic N) is 1. The minimum absolute atomic E-state index is 0.114. The van der Waals surface area contributed by atoms with Gasteiger partial charge in [0.1, 0.15) is 0 Å². The Morgan fingerprint density at radius 2 is 1.68 bits per heavy atom. The summed E-state index contributed by atoms with van der Waals surface area (Å²) in [4.78, 5) is 5.21. The predicted molar refractivity (Wildman–Crippen MR) is 103 cm³/mol. The maximum Gasteiger partial charge on any atom is 0.157 e. The van der Waals surface area contributed by atoms with Gasteiger partial charge in [0.2, 0.25) is 0 Å². The molecule has 2 unspecified atom stereocenters. The van der Waals surface area contributed by atoms with E-state index < -0.39 is 0 Å². The molecule has 0 aromatic rings. The van der Waals surface area contributed by atoms with Crippen LogP contribution in [-0.4, -0.2) is 23.0 Å². The molecule has 0 aliphatic heterocycles. The third-order valence-electron chi connectivity index (χ3n) is 5.06. The van der Waals surface area contributed by atoms with Crippen molar-refractivity contribution in [2.75, 3.05) is 6.26 Å². The van der Waals surface area contributed by atoms with Gasteiger partial charge in [-0.15, -0.1) is 6.58 Å². The lowest BCUT2D eigenvalue weighted by molar-refractivity contribution is 0.142. The van der Waals surface area contributed by atoms with Crippen LogP contribution in [0.1, 0.15) is 60.8 Å². The van der Waals surface area contributed by atoms with Crippen LogP contribution in [0.4, 0.5) is 0 Å². The molecular weight excluding hydrogens is 288 g/mol. The molecule has 2 atom stereocenters. The summed E-state index contributed by atoms with van der Waals surface area (Å²) in [6, 6.07) is 0.448. The van der Waals surface area contributed by atoms with Crippen LogP contribution in [0.25, 0.3) is 0 Å². The molecular formula is C19H36N2S. The summed E-state index contributed by atoms with van der Waals surface area (Å²) in [7, 11) is 0. The third kappa shape index (κ3) is 5.33. The van der Waals surface area contributed by atoms with Gasteiger partial charge in [-0.1, -0.05) is 52.0 Å². The van der Waals surface area contributed by atoms with E-state index in [0.29, 0.717) is 29.7 Å². The first-order valence-corrected chi connectivity index (χ1v) is 9.98. The fourth-order valence-electron chi connectivity index (χ4n) is 3.49. The minimum Gasteiger partial charge on any atom is -0.357 e. The van der Waals surface area contributed by atoms with Gasteiger partial charge in [0.15, 0.2) is 5.17 Å². The maximum absolute atomic E-state index is 5.21.